The predicted octanol–water partition coefficient (Wildman–Crippen LogP) is 3.88. The lowest BCUT2D eigenvalue weighted by Gasteiger charge is -2.10. The maximum absolute atomic E-state index is 12.0. The average Bonchev–Trinajstić information content (AvgIpc) is 2.41. The van der Waals surface area contributed by atoms with Gasteiger partial charge in [-0.1, -0.05) is 11.6 Å². The lowest BCUT2D eigenvalue weighted by molar-refractivity contribution is -0.274. The highest BCUT2D eigenvalue weighted by molar-refractivity contribution is 6.31. The molecule has 0 bridgehead atoms. The smallest absolute Gasteiger partial charge is 0.439 e. The number of halogens is 4. The van der Waals surface area contributed by atoms with Crippen LogP contribution in [0.2, 0.25) is 5.02 Å². The van der Waals surface area contributed by atoms with Gasteiger partial charge >= 0.3 is 6.36 Å². The molecule has 0 aliphatic rings. The highest BCUT2D eigenvalue weighted by atomic mass is 35.5. The summed E-state index contributed by atoms with van der Waals surface area (Å²) in [5, 5.41) is 0.416. The van der Waals surface area contributed by atoms with E-state index in [0.717, 1.165) is 12.1 Å². The van der Waals surface area contributed by atoms with Gasteiger partial charge in [-0.25, -0.2) is 4.98 Å². The van der Waals surface area contributed by atoms with Crippen molar-refractivity contribution < 1.29 is 22.6 Å². The zero-order valence-corrected chi connectivity index (χ0v) is 11.3. The van der Waals surface area contributed by atoms with Gasteiger partial charge in [0.05, 0.1) is 5.02 Å². The van der Waals surface area contributed by atoms with Crippen LogP contribution in [0.4, 0.5) is 13.2 Å². The second-order valence-electron chi connectivity index (χ2n) is 3.94. The molecule has 0 atom stereocenters. The summed E-state index contributed by atoms with van der Waals surface area (Å²) in [6.07, 6.45) is -3.34. The molecule has 8 heteroatoms. The molecule has 21 heavy (non-hydrogen) atoms. The lowest BCUT2D eigenvalue weighted by Crippen LogP contribution is -2.16. The fraction of sp³-hybridized carbons (Fsp3) is 0.154. The summed E-state index contributed by atoms with van der Waals surface area (Å²) in [6, 6.07) is 6.51. The number of hydrogen-bond acceptors (Lipinski definition) is 4. The van der Waals surface area contributed by atoms with Crippen LogP contribution in [0.3, 0.4) is 0 Å². The molecule has 112 valence electrons. The summed E-state index contributed by atoms with van der Waals surface area (Å²) >= 11 is 5.86. The Hall–Kier alpha value is -1.99. The summed E-state index contributed by atoms with van der Waals surface area (Å²) in [7, 11) is 0. The molecule has 2 aromatic rings. The second kappa shape index (κ2) is 6.19. The predicted molar refractivity (Wildman–Crippen MR) is 70.3 cm³/mol. The topological polar surface area (TPSA) is 57.4 Å². The standard InChI is InChI=1S/C13H10ClF3N2O2/c14-11-7-19-12(5-8(11)6-18)20-9-1-3-10(4-2-9)21-13(15,16)17/h1-5,7H,6,18H2. The third kappa shape index (κ3) is 4.51. The SMILES string of the molecule is NCc1cc(Oc2ccc(OC(F)(F)F)cc2)ncc1Cl. The van der Waals surface area contributed by atoms with Gasteiger partial charge in [0.2, 0.25) is 5.88 Å². The van der Waals surface area contributed by atoms with Crippen molar-refractivity contribution in [2.45, 2.75) is 12.9 Å². The van der Waals surface area contributed by atoms with Crippen LogP contribution in [0.15, 0.2) is 36.5 Å². The van der Waals surface area contributed by atoms with E-state index in [1.54, 1.807) is 6.07 Å². The number of nitrogens with two attached hydrogens (primary N) is 1. The molecular weight excluding hydrogens is 309 g/mol. The van der Waals surface area contributed by atoms with Gasteiger partial charge in [-0.2, -0.15) is 0 Å². The van der Waals surface area contributed by atoms with Crippen molar-refractivity contribution in [1.82, 2.24) is 4.98 Å². The Morgan fingerprint density at radius 3 is 2.33 bits per heavy atom. The molecule has 4 nitrogen and oxygen atoms in total. The monoisotopic (exact) mass is 318 g/mol. The van der Waals surface area contributed by atoms with Crippen LogP contribution in [-0.4, -0.2) is 11.3 Å². The normalized spacial score (nSPS) is 11.3. The summed E-state index contributed by atoms with van der Waals surface area (Å²) in [6.45, 7) is 0.218. The first-order valence-corrected chi connectivity index (χ1v) is 6.13. The number of aromatic nitrogens is 1. The summed E-state index contributed by atoms with van der Waals surface area (Å²) in [4.78, 5) is 3.94. The summed E-state index contributed by atoms with van der Waals surface area (Å²) in [5.41, 5.74) is 6.15. The fourth-order valence-corrected chi connectivity index (χ4v) is 1.68. The van der Waals surface area contributed by atoms with E-state index in [1.807, 2.05) is 0 Å². The highest BCUT2D eigenvalue weighted by Crippen LogP contribution is 2.27. The van der Waals surface area contributed by atoms with Crippen molar-refractivity contribution in [2.75, 3.05) is 0 Å². The number of pyridine rings is 1. The first-order valence-electron chi connectivity index (χ1n) is 5.75. The summed E-state index contributed by atoms with van der Waals surface area (Å²) in [5.74, 6) is 0.216. The third-order valence-corrected chi connectivity index (χ3v) is 2.75. The van der Waals surface area contributed by atoms with Crippen molar-refractivity contribution in [3.63, 3.8) is 0 Å². The van der Waals surface area contributed by atoms with Gasteiger partial charge in [0.1, 0.15) is 11.5 Å². The minimum atomic E-state index is -4.73. The van der Waals surface area contributed by atoms with Crippen molar-refractivity contribution in [2.24, 2.45) is 5.73 Å². The molecular formula is C13H10ClF3N2O2. The molecule has 0 fully saturated rings. The molecule has 0 radical (unpaired) electrons. The highest BCUT2D eigenvalue weighted by Gasteiger charge is 2.30. The Morgan fingerprint density at radius 2 is 1.76 bits per heavy atom. The van der Waals surface area contributed by atoms with Crippen LogP contribution in [-0.2, 0) is 6.54 Å². The summed E-state index contributed by atoms with van der Waals surface area (Å²) < 4.78 is 45.2. The van der Waals surface area contributed by atoms with Crippen LogP contribution in [0, 0.1) is 0 Å². The molecule has 0 saturated heterocycles. The Labute approximate surface area is 123 Å². The molecule has 0 amide bonds. The van der Waals surface area contributed by atoms with E-state index in [-0.39, 0.29) is 18.2 Å². The molecule has 0 saturated carbocycles. The van der Waals surface area contributed by atoms with Gasteiger partial charge in [-0.05, 0) is 29.8 Å². The van der Waals surface area contributed by atoms with Crippen LogP contribution in [0.1, 0.15) is 5.56 Å². The zero-order valence-electron chi connectivity index (χ0n) is 10.5. The van der Waals surface area contributed by atoms with Gasteiger partial charge in [0, 0.05) is 18.8 Å². The van der Waals surface area contributed by atoms with Crippen LogP contribution < -0.4 is 15.2 Å². The molecule has 1 aromatic carbocycles. The number of alkyl halides is 3. The molecule has 1 heterocycles. The molecule has 0 spiro atoms. The third-order valence-electron chi connectivity index (χ3n) is 2.41. The molecule has 0 unspecified atom stereocenters. The maximum atomic E-state index is 12.0. The van der Waals surface area contributed by atoms with Gasteiger partial charge in [0.25, 0.3) is 0 Å². The largest absolute Gasteiger partial charge is 0.573 e. The molecule has 0 aliphatic carbocycles. The van der Waals surface area contributed by atoms with Crippen LogP contribution in [0.5, 0.6) is 17.4 Å². The van der Waals surface area contributed by atoms with E-state index in [1.165, 1.54) is 18.3 Å². The van der Waals surface area contributed by atoms with Gasteiger partial charge < -0.3 is 15.2 Å². The van der Waals surface area contributed by atoms with Gasteiger partial charge in [-0.3, -0.25) is 0 Å². The number of ether oxygens (including phenoxy) is 2. The Balaban J connectivity index is 2.10. The minimum Gasteiger partial charge on any atom is -0.439 e. The van der Waals surface area contributed by atoms with Crippen LogP contribution >= 0.6 is 11.6 Å². The Kier molecular flexibility index (Phi) is 4.54. The zero-order chi connectivity index (χ0) is 15.5. The van der Waals surface area contributed by atoms with Crippen molar-refractivity contribution >= 4 is 11.6 Å². The van der Waals surface area contributed by atoms with Crippen molar-refractivity contribution in [1.29, 1.82) is 0 Å². The quantitative estimate of drug-likeness (QED) is 0.929. The maximum Gasteiger partial charge on any atom is 0.573 e. The van der Waals surface area contributed by atoms with E-state index in [0.29, 0.717) is 16.3 Å². The second-order valence-corrected chi connectivity index (χ2v) is 4.35. The van der Waals surface area contributed by atoms with E-state index < -0.39 is 6.36 Å². The molecule has 0 aliphatic heterocycles. The van der Waals surface area contributed by atoms with E-state index in [9.17, 15) is 13.2 Å². The van der Waals surface area contributed by atoms with Gasteiger partial charge in [-0.15, -0.1) is 13.2 Å². The lowest BCUT2D eigenvalue weighted by atomic mass is 10.2. The number of benzene rings is 1. The van der Waals surface area contributed by atoms with Gasteiger partial charge in [0.15, 0.2) is 0 Å². The number of rotatable bonds is 4. The number of nitrogens with zero attached hydrogens (tertiary/aromatic N) is 1. The van der Waals surface area contributed by atoms with E-state index in [4.69, 9.17) is 22.1 Å². The van der Waals surface area contributed by atoms with Crippen molar-refractivity contribution in [3.05, 3.63) is 47.1 Å². The first kappa shape index (κ1) is 15.4. The molecule has 1 aromatic heterocycles. The fourth-order valence-electron chi connectivity index (χ4n) is 1.50. The average molecular weight is 319 g/mol. The molecule has 2 N–H and O–H groups in total. The van der Waals surface area contributed by atoms with E-state index in [2.05, 4.69) is 9.72 Å². The Bertz CT molecular complexity index is 618. The van der Waals surface area contributed by atoms with Crippen molar-refractivity contribution in [3.8, 4) is 17.4 Å². The first-order chi connectivity index (χ1) is 9.87. The van der Waals surface area contributed by atoms with Crippen LogP contribution in [0.25, 0.3) is 0 Å². The van der Waals surface area contributed by atoms with E-state index >= 15 is 0 Å². The minimum absolute atomic E-state index is 0.218. The molecule has 2 rings (SSSR count). The number of hydrogen-bond donors (Lipinski definition) is 1. The Morgan fingerprint density at radius 1 is 1.14 bits per heavy atom.